The summed E-state index contributed by atoms with van der Waals surface area (Å²) in [6.45, 7) is -0.398. The summed E-state index contributed by atoms with van der Waals surface area (Å²) in [7, 11) is -1.02. The molecule has 2 aromatic carbocycles. The van der Waals surface area contributed by atoms with Crippen molar-refractivity contribution in [2.75, 3.05) is 26.0 Å². The van der Waals surface area contributed by atoms with E-state index in [2.05, 4.69) is 10.3 Å². The van der Waals surface area contributed by atoms with Crippen molar-refractivity contribution in [1.82, 2.24) is 9.29 Å². The highest BCUT2D eigenvalue weighted by atomic mass is 32.2. The normalized spacial score (nSPS) is 11.5. The molecule has 3 aromatic rings. The predicted octanol–water partition coefficient (Wildman–Crippen LogP) is 3.14. The first-order valence-corrected chi connectivity index (χ1v) is 11.1. The second-order valence-electron chi connectivity index (χ2n) is 6.42. The first kappa shape index (κ1) is 21.9. The number of carbonyl (C=O) groups excluding carboxylic acids is 1. The summed E-state index contributed by atoms with van der Waals surface area (Å²) in [6.07, 6.45) is 2.29. The largest absolute Gasteiger partial charge is 0.497 e. The molecule has 0 saturated heterocycles. The van der Waals surface area contributed by atoms with Crippen LogP contribution >= 0.6 is 11.3 Å². The van der Waals surface area contributed by atoms with Crippen molar-refractivity contribution in [2.45, 2.75) is 11.3 Å². The molecule has 0 bridgehead atoms. The minimum Gasteiger partial charge on any atom is -0.497 e. The molecule has 30 heavy (non-hydrogen) atoms. The lowest BCUT2D eigenvalue weighted by atomic mass is 10.1. The number of rotatable bonds is 8. The molecule has 0 fully saturated rings. The molecule has 0 aliphatic heterocycles. The number of methoxy groups -OCH3 is 1. The van der Waals surface area contributed by atoms with Crippen LogP contribution in [0.25, 0.3) is 0 Å². The second kappa shape index (κ2) is 9.33. The summed E-state index contributed by atoms with van der Waals surface area (Å²) in [5.41, 5.74) is 1.04. The summed E-state index contributed by atoms with van der Waals surface area (Å²) in [6, 6.07) is 12.1. The van der Waals surface area contributed by atoms with Crippen LogP contribution in [0.5, 0.6) is 5.75 Å². The van der Waals surface area contributed by atoms with Crippen LogP contribution in [0.4, 0.5) is 9.52 Å². The standard InChI is InChI=1S/C20H20FN3O4S2/c1-24(30(26,27)18-8-6-15(21)7-9-18)13-19(25)23-20-22-12-17(29-20)11-14-4-3-5-16(10-14)28-2/h3-10,12H,11,13H2,1-2H3,(H,22,23,25). The van der Waals surface area contributed by atoms with Crippen molar-refractivity contribution in [3.8, 4) is 5.75 Å². The van der Waals surface area contributed by atoms with E-state index in [0.717, 1.165) is 44.8 Å². The maximum Gasteiger partial charge on any atom is 0.243 e. The van der Waals surface area contributed by atoms with Gasteiger partial charge in [-0.2, -0.15) is 4.31 Å². The van der Waals surface area contributed by atoms with E-state index in [9.17, 15) is 17.6 Å². The Morgan fingerprint density at radius 1 is 1.23 bits per heavy atom. The third-order valence-corrected chi connectivity index (χ3v) is 6.93. The number of hydrogen-bond acceptors (Lipinski definition) is 6. The predicted molar refractivity (Wildman–Crippen MR) is 113 cm³/mol. The first-order valence-electron chi connectivity index (χ1n) is 8.87. The van der Waals surface area contributed by atoms with Crippen LogP contribution in [0.3, 0.4) is 0 Å². The van der Waals surface area contributed by atoms with Gasteiger partial charge in [0.1, 0.15) is 11.6 Å². The zero-order valence-corrected chi connectivity index (χ0v) is 18.0. The van der Waals surface area contributed by atoms with Crippen LogP contribution < -0.4 is 10.1 Å². The third-order valence-electron chi connectivity index (χ3n) is 4.20. The molecule has 10 heteroatoms. The molecule has 1 aromatic heterocycles. The van der Waals surface area contributed by atoms with E-state index in [-0.39, 0.29) is 4.90 Å². The number of ether oxygens (including phenoxy) is 1. The lowest BCUT2D eigenvalue weighted by Crippen LogP contribution is -2.34. The van der Waals surface area contributed by atoms with Crippen molar-refractivity contribution in [2.24, 2.45) is 0 Å². The van der Waals surface area contributed by atoms with Gasteiger partial charge in [0.15, 0.2) is 5.13 Å². The molecule has 0 saturated carbocycles. The number of thiazole rings is 1. The molecule has 0 unspecified atom stereocenters. The maximum atomic E-state index is 13.0. The van der Waals surface area contributed by atoms with E-state index in [1.165, 1.54) is 18.4 Å². The Balaban J connectivity index is 1.60. The van der Waals surface area contributed by atoms with Gasteiger partial charge in [0.25, 0.3) is 0 Å². The molecule has 0 atom stereocenters. The molecule has 0 radical (unpaired) electrons. The zero-order chi connectivity index (χ0) is 21.7. The number of benzene rings is 2. The highest BCUT2D eigenvalue weighted by Crippen LogP contribution is 2.23. The van der Waals surface area contributed by atoms with E-state index >= 15 is 0 Å². The molecule has 0 aliphatic carbocycles. The zero-order valence-electron chi connectivity index (χ0n) is 16.3. The van der Waals surface area contributed by atoms with E-state index in [0.29, 0.717) is 11.6 Å². The fourth-order valence-corrected chi connectivity index (χ4v) is 4.65. The van der Waals surface area contributed by atoms with Crippen molar-refractivity contribution in [3.63, 3.8) is 0 Å². The molecule has 7 nitrogen and oxygen atoms in total. The quantitative estimate of drug-likeness (QED) is 0.571. The van der Waals surface area contributed by atoms with Gasteiger partial charge in [0, 0.05) is 24.5 Å². The fourth-order valence-electron chi connectivity index (χ4n) is 2.66. The number of hydrogen-bond donors (Lipinski definition) is 1. The third kappa shape index (κ3) is 5.41. The smallest absolute Gasteiger partial charge is 0.243 e. The minimum absolute atomic E-state index is 0.0889. The Morgan fingerprint density at radius 2 is 1.97 bits per heavy atom. The summed E-state index contributed by atoms with van der Waals surface area (Å²) < 4.78 is 44.1. The number of carbonyl (C=O) groups is 1. The van der Waals surface area contributed by atoms with Gasteiger partial charge in [0.05, 0.1) is 18.6 Å². The molecule has 158 valence electrons. The van der Waals surface area contributed by atoms with Gasteiger partial charge in [0.2, 0.25) is 15.9 Å². The molecule has 0 spiro atoms. The minimum atomic E-state index is -3.91. The Morgan fingerprint density at radius 3 is 2.67 bits per heavy atom. The van der Waals surface area contributed by atoms with Gasteiger partial charge in [-0.05, 0) is 42.0 Å². The van der Waals surface area contributed by atoms with Crippen molar-refractivity contribution in [1.29, 1.82) is 0 Å². The number of nitrogens with one attached hydrogen (secondary N) is 1. The summed E-state index contributed by atoms with van der Waals surface area (Å²) in [5, 5.41) is 2.99. The van der Waals surface area contributed by atoms with Crippen molar-refractivity contribution >= 4 is 32.4 Å². The number of aromatic nitrogens is 1. The monoisotopic (exact) mass is 449 g/mol. The van der Waals surface area contributed by atoms with E-state index in [1.807, 2.05) is 24.3 Å². The van der Waals surface area contributed by atoms with Crippen LogP contribution in [0, 0.1) is 5.82 Å². The van der Waals surface area contributed by atoms with Crippen LogP contribution in [0.2, 0.25) is 0 Å². The Bertz CT molecular complexity index is 1130. The number of amides is 1. The van der Waals surface area contributed by atoms with E-state index in [4.69, 9.17) is 4.74 Å². The Labute approximate surface area is 178 Å². The van der Waals surface area contributed by atoms with E-state index < -0.39 is 28.3 Å². The molecule has 3 rings (SSSR count). The summed E-state index contributed by atoms with van der Waals surface area (Å²) in [4.78, 5) is 17.3. The maximum absolute atomic E-state index is 13.0. The SMILES string of the molecule is COc1cccc(Cc2cnc(NC(=O)CN(C)S(=O)(=O)c3ccc(F)cc3)s2)c1. The summed E-state index contributed by atoms with van der Waals surface area (Å²) >= 11 is 1.31. The average Bonchev–Trinajstić information content (AvgIpc) is 3.14. The molecular weight excluding hydrogens is 429 g/mol. The topological polar surface area (TPSA) is 88.6 Å². The van der Waals surface area contributed by atoms with Crippen LogP contribution in [0.15, 0.2) is 59.6 Å². The Kier molecular flexibility index (Phi) is 6.80. The molecule has 1 amide bonds. The lowest BCUT2D eigenvalue weighted by Gasteiger charge is -2.16. The molecule has 1 N–H and O–H groups in total. The highest BCUT2D eigenvalue weighted by molar-refractivity contribution is 7.89. The van der Waals surface area contributed by atoms with Gasteiger partial charge >= 0.3 is 0 Å². The van der Waals surface area contributed by atoms with Crippen LogP contribution in [-0.2, 0) is 21.2 Å². The van der Waals surface area contributed by atoms with Crippen molar-refractivity contribution < 1.29 is 22.3 Å². The first-order chi connectivity index (χ1) is 14.3. The van der Waals surface area contributed by atoms with Gasteiger partial charge in [-0.25, -0.2) is 17.8 Å². The molecule has 1 heterocycles. The fraction of sp³-hybridized carbons (Fsp3) is 0.200. The van der Waals surface area contributed by atoms with Gasteiger partial charge in [-0.15, -0.1) is 11.3 Å². The van der Waals surface area contributed by atoms with Gasteiger partial charge in [-0.3, -0.25) is 4.79 Å². The molecule has 0 aliphatic rings. The lowest BCUT2D eigenvalue weighted by molar-refractivity contribution is -0.116. The number of anilines is 1. The number of halogens is 1. The van der Waals surface area contributed by atoms with Gasteiger partial charge in [-0.1, -0.05) is 12.1 Å². The summed E-state index contributed by atoms with van der Waals surface area (Å²) in [5.74, 6) is -0.302. The Hall–Kier alpha value is -2.82. The van der Waals surface area contributed by atoms with Crippen molar-refractivity contribution in [3.05, 3.63) is 71.0 Å². The van der Waals surface area contributed by atoms with Gasteiger partial charge < -0.3 is 10.1 Å². The number of likely N-dealkylation sites (N-methyl/N-ethyl adjacent to an activating group) is 1. The van der Waals surface area contributed by atoms with Crippen LogP contribution in [0.1, 0.15) is 10.4 Å². The number of nitrogens with zero attached hydrogens (tertiary/aromatic N) is 2. The second-order valence-corrected chi connectivity index (χ2v) is 9.58. The van der Waals surface area contributed by atoms with E-state index in [1.54, 1.807) is 13.3 Å². The number of sulfonamides is 1. The highest BCUT2D eigenvalue weighted by Gasteiger charge is 2.23. The van der Waals surface area contributed by atoms with Crippen LogP contribution in [-0.4, -0.2) is 44.3 Å². The molecular formula is C20H20FN3O4S2. The average molecular weight is 450 g/mol.